The summed E-state index contributed by atoms with van der Waals surface area (Å²) in [4.78, 5) is 12.2. The zero-order valence-corrected chi connectivity index (χ0v) is 23.4. The molecule has 4 aliphatic carbocycles. The Morgan fingerprint density at radius 1 is 1.05 bits per heavy atom. The molecule has 4 fully saturated rings. The second-order valence-corrected chi connectivity index (χ2v) is 12.6. The third kappa shape index (κ3) is 4.75. The first-order valence-corrected chi connectivity index (χ1v) is 14.9. The number of benzene rings is 2. The minimum Gasteiger partial charge on any atom is -0.426 e. The number of nitrogens with zero attached hydrogens (tertiary/aromatic N) is 1. The molecule has 0 unspecified atom stereocenters. The molecular formula is C31H30Cl2FNO5. The monoisotopic (exact) mass is 585 g/mol. The maximum atomic E-state index is 14.6. The SMILES string of the molecule is O=C(Oc1cc(F)cc([C@]2(O)[C@@H]3CC[C@H]2C[C@H](OCc2c(-c4c(Cl)cccc4Cl)noc2C2CC2)C3)c1)C1CC1. The van der Waals surface area contributed by atoms with Gasteiger partial charge in [-0.05, 0) is 93.0 Å². The van der Waals surface area contributed by atoms with E-state index in [1.807, 2.05) is 0 Å². The second-order valence-electron chi connectivity index (χ2n) is 11.8. The molecule has 40 heavy (non-hydrogen) atoms. The largest absolute Gasteiger partial charge is 0.426 e. The number of aliphatic hydroxyl groups is 1. The lowest BCUT2D eigenvalue weighted by Gasteiger charge is -2.43. The van der Waals surface area contributed by atoms with Gasteiger partial charge in [0.25, 0.3) is 0 Å². The number of fused-ring (bicyclic) bond motifs is 2. The number of esters is 1. The van der Waals surface area contributed by atoms with Crippen LogP contribution in [-0.4, -0.2) is 22.3 Å². The molecule has 0 radical (unpaired) electrons. The fourth-order valence-electron chi connectivity index (χ4n) is 6.73. The first-order valence-electron chi connectivity index (χ1n) is 14.1. The van der Waals surface area contributed by atoms with Crippen LogP contribution in [0.4, 0.5) is 4.39 Å². The maximum absolute atomic E-state index is 14.6. The van der Waals surface area contributed by atoms with Gasteiger partial charge in [0.05, 0.1) is 34.3 Å². The average molecular weight is 586 g/mol. The van der Waals surface area contributed by atoms with Crippen LogP contribution in [0.5, 0.6) is 5.75 Å². The van der Waals surface area contributed by atoms with Crippen molar-refractivity contribution in [2.45, 2.75) is 75.6 Å². The molecule has 0 aliphatic heterocycles. The molecule has 1 aromatic heterocycles. The van der Waals surface area contributed by atoms with E-state index in [0.29, 0.717) is 52.2 Å². The highest BCUT2D eigenvalue weighted by molar-refractivity contribution is 6.39. The molecule has 9 heteroatoms. The van der Waals surface area contributed by atoms with E-state index >= 15 is 0 Å². The minimum absolute atomic E-state index is 0.0879. The first kappa shape index (κ1) is 26.4. The molecule has 4 aliphatic rings. The van der Waals surface area contributed by atoms with E-state index in [1.165, 1.54) is 12.1 Å². The van der Waals surface area contributed by atoms with Crippen molar-refractivity contribution in [2.24, 2.45) is 17.8 Å². The normalized spacial score (nSPS) is 27.6. The molecule has 0 saturated heterocycles. The smallest absolute Gasteiger partial charge is 0.314 e. The number of rotatable bonds is 8. The Balaban J connectivity index is 1.10. The minimum atomic E-state index is -1.20. The van der Waals surface area contributed by atoms with Gasteiger partial charge in [0.1, 0.15) is 23.0 Å². The Morgan fingerprint density at radius 2 is 1.75 bits per heavy atom. The topological polar surface area (TPSA) is 81.8 Å². The fraction of sp³-hybridized carbons (Fsp3) is 0.484. The lowest BCUT2D eigenvalue weighted by Crippen LogP contribution is -2.44. The summed E-state index contributed by atoms with van der Waals surface area (Å²) in [6, 6.07) is 9.58. The van der Waals surface area contributed by atoms with Gasteiger partial charge in [-0.15, -0.1) is 0 Å². The Bertz CT molecular complexity index is 1430. The summed E-state index contributed by atoms with van der Waals surface area (Å²) in [5.41, 5.74) is 1.40. The van der Waals surface area contributed by atoms with Gasteiger partial charge >= 0.3 is 5.97 Å². The summed E-state index contributed by atoms with van der Waals surface area (Å²) in [6.45, 7) is 0.302. The third-order valence-corrected chi connectivity index (χ3v) is 9.73. The van der Waals surface area contributed by atoms with Crippen LogP contribution in [0, 0.1) is 23.6 Å². The number of hydrogen-bond donors (Lipinski definition) is 1. The predicted octanol–water partition coefficient (Wildman–Crippen LogP) is 7.57. The van der Waals surface area contributed by atoms with Crippen LogP contribution in [0.1, 0.15) is 74.2 Å². The molecular weight excluding hydrogens is 556 g/mol. The lowest BCUT2D eigenvalue weighted by atomic mass is 9.69. The van der Waals surface area contributed by atoms with Crippen molar-refractivity contribution in [2.75, 3.05) is 0 Å². The molecule has 0 amide bonds. The molecule has 1 heterocycles. The van der Waals surface area contributed by atoms with Crippen LogP contribution in [0.3, 0.4) is 0 Å². The van der Waals surface area contributed by atoms with Crippen molar-refractivity contribution in [3.63, 3.8) is 0 Å². The fourth-order valence-corrected chi connectivity index (χ4v) is 7.31. The predicted molar refractivity (Wildman–Crippen MR) is 147 cm³/mol. The molecule has 4 atom stereocenters. The highest BCUT2D eigenvalue weighted by Crippen LogP contribution is 2.56. The maximum Gasteiger partial charge on any atom is 0.314 e. The number of hydrogen-bond acceptors (Lipinski definition) is 6. The van der Waals surface area contributed by atoms with Crippen molar-refractivity contribution < 1.29 is 28.3 Å². The van der Waals surface area contributed by atoms with E-state index in [1.54, 1.807) is 24.3 Å². The van der Waals surface area contributed by atoms with Crippen molar-refractivity contribution in [1.29, 1.82) is 0 Å². The van der Waals surface area contributed by atoms with Gasteiger partial charge in [0.15, 0.2) is 0 Å². The zero-order chi connectivity index (χ0) is 27.6. The van der Waals surface area contributed by atoms with Crippen molar-refractivity contribution >= 4 is 29.2 Å². The second kappa shape index (κ2) is 10.1. The molecule has 210 valence electrons. The molecule has 0 spiro atoms. The molecule has 2 bridgehead atoms. The number of ether oxygens (including phenoxy) is 2. The Labute approximate surface area is 241 Å². The van der Waals surface area contributed by atoms with Crippen LogP contribution < -0.4 is 4.74 Å². The first-order chi connectivity index (χ1) is 19.3. The van der Waals surface area contributed by atoms with E-state index in [9.17, 15) is 14.3 Å². The number of carbonyl (C=O) groups excluding carboxylic acids is 1. The number of carbonyl (C=O) groups is 1. The lowest BCUT2D eigenvalue weighted by molar-refractivity contribution is -0.135. The van der Waals surface area contributed by atoms with Crippen molar-refractivity contribution in [3.05, 3.63) is 69.1 Å². The van der Waals surface area contributed by atoms with Gasteiger partial charge in [0, 0.05) is 23.1 Å². The van der Waals surface area contributed by atoms with Gasteiger partial charge < -0.3 is 19.1 Å². The Hall–Kier alpha value is -2.45. The van der Waals surface area contributed by atoms with Crippen LogP contribution in [0.2, 0.25) is 10.0 Å². The van der Waals surface area contributed by atoms with E-state index < -0.39 is 11.4 Å². The summed E-state index contributed by atoms with van der Waals surface area (Å²) in [5, 5.41) is 17.3. The average Bonchev–Trinajstić information content (AvgIpc) is 3.84. The highest BCUT2D eigenvalue weighted by atomic mass is 35.5. The van der Waals surface area contributed by atoms with Gasteiger partial charge in [-0.1, -0.05) is 34.4 Å². The molecule has 7 rings (SSSR count). The Morgan fingerprint density at radius 3 is 2.40 bits per heavy atom. The van der Waals surface area contributed by atoms with Crippen molar-refractivity contribution in [1.82, 2.24) is 5.16 Å². The summed E-state index contributed by atoms with van der Waals surface area (Å²) >= 11 is 13.0. The Kier molecular flexibility index (Phi) is 6.69. The summed E-state index contributed by atoms with van der Waals surface area (Å²) < 4.78 is 32.3. The number of halogens is 3. The highest BCUT2D eigenvalue weighted by Gasteiger charge is 2.55. The molecule has 6 nitrogen and oxygen atoms in total. The summed E-state index contributed by atoms with van der Waals surface area (Å²) in [5.74, 6) is 0.149. The van der Waals surface area contributed by atoms with Crippen molar-refractivity contribution in [3.8, 4) is 17.0 Å². The molecule has 1 N–H and O–H groups in total. The summed E-state index contributed by atoms with van der Waals surface area (Å²) in [7, 11) is 0. The van der Waals surface area contributed by atoms with Gasteiger partial charge in [-0.2, -0.15) is 0 Å². The van der Waals surface area contributed by atoms with Crippen LogP contribution in [-0.2, 0) is 21.7 Å². The van der Waals surface area contributed by atoms with Gasteiger partial charge in [-0.3, -0.25) is 4.79 Å². The van der Waals surface area contributed by atoms with Crippen LogP contribution in [0.25, 0.3) is 11.3 Å². The van der Waals surface area contributed by atoms with E-state index in [2.05, 4.69) is 5.16 Å². The molecule has 3 aromatic rings. The number of aromatic nitrogens is 1. The van der Waals surface area contributed by atoms with E-state index in [4.69, 9.17) is 37.2 Å². The van der Waals surface area contributed by atoms with E-state index in [0.717, 1.165) is 49.8 Å². The summed E-state index contributed by atoms with van der Waals surface area (Å²) in [6.07, 6.45) is 6.51. The molecule has 2 aromatic carbocycles. The standard InChI is InChI=1S/C31H30Cl2FNO5/c32-25-2-1-3-26(33)27(25)28-24(29(40-35-28)16-4-5-16)15-38-22-11-18-8-9-19(12-22)31(18,37)20-10-21(34)14-23(13-20)39-30(36)17-6-7-17/h1-3,10,13-14,16-19,22,37H,4-9,11-12,15H2/t18-,19+,22-,31+. The quantitative estimate of drug-likeness (QED) is 0.217. The zero-order valence-electron chi connectivity index (χ0n) is 21.9. The van der Waals surface area contributed by atoms with Gasteiger partial charge in [0.2, 0.25) is 0 Å². The van der Waals surface area contributed by atoms with Gasteiger partial charge in [-0.25, -0.2) is 4.39 Å². The third-order valence-electron chi connectivity index (χ3n) is 9.10. The van der Waals surface area contributed by atoms with E-state index in [-0.39, 0.29) is 35.6 Å². The van der Waals surface area contributed by atoms with Crippen LogP contribution >= 0.6 is 23.2 Å². The molecule has 4 saturated carbocycles. The van der Waals surface area contributed by atoms with Crippen LogP contribution in [0.15, 0.2) is 40.9 Å².